The molecule has 4 rings (SSSR count). The Morgan fingerprint density at radius 2 is 1.48 bits per heavy atom. The molecule has 0 N–H and O–H groups in total. The molecule has 2 heterocycles. The molecule has 0 amide bonds. The maximum Gasteiger partial charge on any atom is 0.165 e. The Balaban J connectivity index is 1.81. The van der Waals surface area contributed by atoms with Crippen molar-refractivity contribution in [1.29, 1.82) is 0 Å². The Kier molecular flexibility index (Phi) is 4.78. The van der Waals surface area contributed by atoms with Crippen molar-refractivity contribution in [3.63, 3.8) is 0 Å². The van der Waals surface area contributed by atoms with E-state index in [0.29, 0.717) is 30.1 Å². The monoisotopic (exact) mass is 361 g/mol. The molecule has 0 fully saturated rings. The highest BCUT2D eigenvalue weighted by Gasteiger charge is 2.18. The number of aryl methyl sites for hydroxylation is 1. The summed E-state index contributed by atoms with van der Waals surface area (Å²) in [5, 5.41) is 0. The molecule has 27 heavy (non-hydrogen) atoms. The maximum atomic E-state index is 13.4. The van der Waals surface area contributed by atoms with Crippen molar-refractivity contribution in [1.82, 2.24) is 19.5 Å². The second-order valence-electron chi connectivity index (χ2n) is 6.45. The Bertz CT molecular complexity index is 989. The molecule has 0 aliphatic carbocycles. The van der Waals surface area contributed by atoms with E-state index in [9.17, 15) is 4.39 Å². The largest absolute Gasteiger partial charge is 0.346 e. The van der Waals surface area contributed by atoms with E-state index in [1.165, 1.54) is 0 Å². The van der Waals surface area contributed by atoms with Gasteiger partial charge in [0, 0.05) is 20.1 Å². The molecule has 2 aromatic heterocycles. The topological polar surface area (TPSA) is 46.8 Å². The lowest BCUT2D eigenvalue weighted by atomic mass is 10.1. The number of fused-ring (bicyclic) bond motifs is 1. The van der Waals surface area contributed by atoms with Crippen molar-refractivity contribution in [2.24, 2.45) is 7.05 Å². The van der Waals surface area contributed by atoms with Gasteiger partial charge in [-0.15, -0.1) is 0 Å². The van der Waals surface area contributed by atoms with Crippen LogP contribution in [0.3, 0.4) is 0 Å². The van der Waals surface area contributed by atoms with Gasteiger partial charge in [-0.05, 0) is 11.1 Å². The van der Waals surface area contributed by atoms with Gasteiger partial charge in [0.1, 0.15) is 6.67 Å². The predicted molar refractivity (Wildman–Crippen MR) is 104 cm³/mol. The van der Waals surface area contributed by atoms with Crippen molar-refractivity contribution in [2.75, 3.05) is 4.90 Å². The third-order valence-electron chi connectivity index (χ3n) is 4.44. The zero-order chi connectivity index (χ0) is 18.6. The number of alkyl halides is 1. The van der Waals surface area contributed by atoms with Crippen molar-refractivity contribution in [3.8, 4) is 0 Å². The summed E-state index contributed by atoms with van der Waals surface area (Å²) >= 11 is 0. The third kappa shape index (κ3) is 3.65. The standard InChI is InChI=1S/C21H20FN5/c1-26-15-23-19-20(26)24-18(12-22)25-21(19)27(13-16-8-4-2-5-9-16)14-17-10-6-3-7-11-17/h2-11,15H,12-14H2,1H3. The molecular weight excluding hydrogens is 341 g/mol. The minimum absolute atomic E-state index is 0.173. The molecule has 4 aromatic rings. The fourth-order valence-corrected chi connectivity index (χ4v) is 3.13. The first-order valence-corrected chi connectivity index (χ1v) is 8.81. The van der Waals surface area contributed by atoms with Crippen molar-refractivity contribution in [3.05, 3.63) is 83.9 Å². The third-order valence-corrected chi connectivity index (χ3v) is 4.44. The Morgan fingerprint density at radius 3 is 2.04 bits per heavy atom. The number of hydrogen-bond acceptors (Lipinski definition) is 4. The van der Waals surface area contributed by atoms with Crippen LogP contribution in [-0.4, -0.2) is 19.5 Å². The van der Waals surface area contributed by atoms with E-state index < -0.39 is 6.67 Å². The average molecular weight is 361 g/mol. The van der Waals surface area contributed by atoms with E-state index in [4.69, 9.17) is 0 Å². The first-order chi connectivity index (χ1) is 13.2. The number of nitrogens with zero attached hydrogens (tertiary/aromatic N) is 5. The van der Waals surface area contributed by atoms with Crippen molar-refractivity contribution < 1.29 is 4.39 Å². The van der Waals surface area contributed by atoms with Gasteiger partial charge in [-0.25, -0.2) is 19.3 Å². The summed E-state index contributed by atoms with van der Waals surface area (Å²) in [5.74, 6) is 0.827. The maximum absolute atomic E-state index is 13.4. The minimum atomic E-state index is -0.710. The Hall–Kier alpha value is -3.28. The van der Waals surface area contributed by atoms with Crippen LogP contribution in [0.1, 0.15) is 17.0 Å². The van der Waals surface area contributed by atoms with E-state index in [0.717, 1.165) is 11.1 Å². The van der Waals surface area contributed by atoms with Gasteiger partial charge in [0.15, 0.2) is 22.8 Å². The van der Waals surface area contributed by atoms with E-state index in [-0.39, 0.29) is 5.82 Å². The fraction of sp³-hybridized carbons (Fsp3) is 0.190. The summed E-state index contributed by atoms with van der Waals surface area (Å²) in [6.07, 6.45) is 1.69. The van der Waals surface area contributed by atoms with Crippen LogP contribution in [0.5, 0.6) is 0 Å². The van der Waals surface area contributed by atoms with Gasteiger partial charge in [-0.2, -0.15) is 0 Å². The van der Waals surface area contributed by atoms with Crippen LogP contribution >= 0.6 is 0 Å². The molecule has 0 saturated heterocycles. The van der Waals surface area contributed by atoms with E-state index in [1.54, 1.807) is 10.9 Å². The molecule has 0 atom stereocenters. The van der Waals surface area contributed by atoms with Crippen LogP contribution in [0, 0.1) is 0 Å². The lowest BCUT2D eigenvalue weighted by Gasteiger charge is -2.24. The van der Waals surface area contributed by atoms with Crippen LogP contribution < -0.4 is 4.90 Å². The summed E-state index contributed by atoms with van der Waals surface area (Å²) in [7, 11) is 1.85. The van der Waals surface area contributed by atoms with Gasteiger partial charge in [-0.3, -0.25) is 0 Å². The van der Waals surface area contributed by atoms with Gasteiger partial charge < -0.3 is 9.47 Å². The van der Waals surface area contributed by atoms with Gasteiger partial charge in [0.25, 0.3) is 0 Å². The molecule has 2 aromatic carbocycles. The predicted octanol–water partition coefficient (Wildman–Crippen LogP) is 4.04. The highest BCUT2D eigenvalue weighted by Crippen LogP contribution is 2.26. The highest BCUT2D eigenvalue weighted by atomic mass is 19.1. The number of halogens is 1. The van der Waals surface area contributed by atoms with Gasteiger partial charge >= 0.3 is 0 Å². The summed E-state index contributed by atoms with van der Waals surface area (Å²) in [4.78, 5) is 15.4. The minimum Gasteiger partial charge on any atom is -0.346 e. The molecule has 0 bridgehead atoms. The van der Waals surface area contributed by atoms with Gasteiger partial charge in [0.2, 0.25) is 0 Å². The van der Waals surface area contributed by atoms with Crippen LogP contribution in [0.2, 0.25) is 0 Å². The number of aromatic nitrogens is 4. The Labute approximate surface area is 157 Å². The average Bonchev–Trinajstić information content (AvgIpc) is 3.09. The number of anilines is 1. The van der Waals surface area contributed by atoms with Gasteiger partial charge in [-0.1, -0.05) is 60.7 Å². The molecule has 6 heteroatoms. The summed E-state index contributed by atoms with van der Waals surface area (Å²) in [6, 6.07) is 20.3. The van der Waals surface area contributed by atoms with Crippen LogP contribution in [-0.2, 0) is 26.8 Å². The van der Waals surface area contributed by atoms with Crippen molar-refractivity contribution in [2.45, 2.75) is 19.8 Å². The summed E-state index contributed by atoms with van der Waals surface area (Å²) in [5.41, 5.74) is 3.62. The second kappa shape index (κ2) is 7.53. The molecule has 0 spiro atoms. The zero-order valence-corrected chi connectivity index (χ0v) is 15.1. The van der Waals surface area contributed by atoms with Gasteiger partial charge in [0.05, 0.1) is 6.33 Å². The van der Waals surface area contributed by atoms with Crippen LogP contribution in [0.15, 0.2) is 67.0 Å². The molecular formula is C21H20FN5. The molecule has 0 unspecified atom stereocenters. The van der Waals surface area contributed by atoms with E-state index >= 15 is 0 Å². The lowest BCUT2D eigenvalue weighted by Crippen LogP contribution is -2.24. The fourth-order valence-electron chi connectivity index (χ4n) is 3.13. The number of imidazole rings is 1. The SMILES string of the molecule is Cn1cnc2c(N(Cc3ccccc3)Cc3ccccc3)nc(CF)nc21. The number of rotatable bonds is 6. The number of benzene rings is 2. The first-order valence-electron chi connectivity index (χ1n) is 8.81. The smallest absolute Gasteiger partial charge is 0.165 e. The molecule has 0 aliphatic heterocycles. The number of hydrogen-bond donors (Lipinski definition) is 0. The Morgan fingerprint density at radius 1 is 0.889 bits per heavy atom. The van der Waals surface area contributed by atoms with E-state index in [2.05, 4.69) is 44.1 Å². The van der Waals surface area contributed by atoms with E-state index in [1.807, 2.05) is 43.4 Å². The molecule has 136 valence electrons. The highest BCUT2D eigenvalue weighted by molar-refractivity contribution is 5.83. The summed E-state index contributed by atoms with van der Waals surface area (Å²) < 4.78 is 15.2. The molecule has 5 nitrogen and oxygen atoms in total. The normalized spacial score (nSPS) is 11.0. The molecule has 0 saturated carbocycles. The molecule has 0 radical (unpaired) electrons. The van der Waals surface area contributed by atoms with Crippen LogP contribution in [0.4, 0.5) is 10.2 Å². The second-order valence-corrected chi connectivity index (χ2v) is 6.45. The summed E-state index contributed by atoms with van der Waals surface area (Å²) in [6.45, 7) is 0.576. The van der Waals surface area contributed by atoms with Crippen molar-refractivity contribution >= 4 is 17.0 Å². The quantitative estimate of drug-likeness (QED) is 0.520. The first kappa shape index (κ1) is 17.1. The lowest BCUT2D eigenvalue weighted by molar-refractivity contribution is 0.466. The molecule has 0 aliphatic rings. The zero-order valence-electron chi connectivity index (χ0n) is 15.1. The van der Waals surface area contributed by atoms with Crippen LogP contribution in [0.25, 0.3) is 11.2 Å².